The van der Waals surface area contributed by atoms with Crippen molar-refractivity contribution >= 4 is 6.09 Å². The molecule has 1 N–H and O–H groups in total. The van der Waals surface area contributed by atoms with E-state index >= 15 is 0 Å². The van der Waals surface area contributed by atoms with Crippen LogP contribution in [-0.2, 0) is 4.74 Å². The number of fused-ring (bicyclic) bond motifs is 3. The smallest absolute Gasteiger partial charge is 0.410 e. The molecule has 2 aromatic carbocycles. The molecule has 26 heavy (non-hydrogen) atoms. The van der Waals surface area contributed by atoms with Gasteiger partial charge in [-0.3, -0.25) is 0 Å². The van der Waals surface area contributed by atoms with E-state index in [-0.39, 0.29) is 24.7 Å². The maximum atomic E-state index is 12.7. The van der Waals surface area contributed by atoms with Gasteiger partial charge in [-0.25, -0.2) is 4.79 Å². The topological polar surface area (TPSA) is 49.8 Å². The van der Waals surface area contributed by atoms with E-state index in [2.05, 4.69) is 36.4 Å². The number of amides is 1. The summed E-state index contributed by atoms with van der Waals surface area (Å²) in [6.07, 6.45) is 3.45. The Morgan fingerprint density at radius 3 is 2.35 bits per heavy atom. The molecular weight excluding hydrogens is 326 g/mol. The van der Waals surface area contributed by atoms with E-state index in [0.29, 0.717) is 13.0 Å². The second-order valence-electron chi connectivity index (χ2n) is 7.16. The van der Waals surface area contributed by atoms with Crippen LogP contribution in [0.15, 0.2) is 48.5 Å². The number of rotatable bonds is 4. The Morgan fingerprint density at radius 2 is 1.69 bits per heavy atom. The summed E-state index contributed by atoms with van der Waals surface area (Å²) in [6, 6.07) is 16.8. The van der Waals surface area contributed by atoms with E-state index in [9.17, 15) is 9.90 Å². The lowest BCUT2D eigenvalue weighted by Crippen LogP contribution is -2.44. The first-order valence-electron chi connectivity index (χ1n) is 9.52. The molecule has 1 aliphatic carbocycles. The largest absolute Gasteiger partial charge is 0.448 e. The van der Waals surface area contributed by atoms with Crippen molar-refractivity contribution in [3.63, 3.8) is 0 Å². The summed E-state index contributed by atoms with van der Waals surface area (Å²) in [5.41, 5.74) is 4.93. The lowest BCUT2D eigenvalue weighted by Gasteiger charge is -2.34. The molecule has 1 saturated heterocycles. The third-order valence-corrected chi connectivity index (χ3v) is 5.66. The zero-order chi connectivity index (χ0) is 17.9. The van der Waals surface area contributed by atoms with Crippen LogP contribution in [0.1, 0.15) is 42.7 Å². The summed E-state index contributed by atoms with van der Waals surface area (Å²) in [4.78, 5) is 14.5. The van der Waals surface area contributed by atoms with Crippen LogP contribution in [-0.4, -0.2) is 41.9 Å². The van der Waals surface area contributed by atoms with E-state index < -0.39 is 0 Å². The fourth-order valence-electron chi connectivity index (χ4n) is 4.37. The SMILES string of the molecule is O=C(OCC1c2ccccc2-c2ccccc21)N1CCCC[C@@H]1CCO. The third kappa shape index (κ3) is 3.10. The number of aliphatic hydroxyl groups excluding tert-OH is 1. The van der Waals surface area contributed by atoms with Crippen molar-refractivity contribution in [1.82, 2.24) is 4.90 Å². The van der Waals surface area contributed by atoms with E-state index in [1.807, 2.05) is 17.0 Å². The average Bonchev–Trinajstić information content (AvgIpc) is 3.01. The molecule has 1 fully saturated rings. The monoisotopic (exact) mass is 351 g/mol. The van der Waals surface area contributed by atoms with Crippen molar-refractivity contribution in [1.29, 1.82) is 0 Å². The van der Waals surface area contributed by atoms with Gasteiger partial charge >= 0.3 is 6.09 Å². The Morgan fingerprint density at radius 1 is 1.04 bits per heavy atom. The zero-order valence-corrected chi connectivity index (χ0v) is 14.9. The molecule has 1 aliphatic heterocycles. The summed E-state index contributed by atoms with van der Waals surface area (Å²) in [6.45, 7) is 1.19. The lowest BCUT2D eigenvalue weighted by molar-refractivity contribution is 0.0641. The normalized spacial score (nSPS) is 19.1. The molecule has 1 heterocycles. The maximum Gasteiger partial charge on any atom is 0.410 e. The number of nitrogens with zero attached hydrogens (tertiary/aromatic N) is 1. The molecule has 0 spiro atoms. The van der Waals surface area contributed by atoms with Gasteiger partial charge < -0.3 is 14.7 Å². The first-order valence-corrected chi connectivity index (χ1v) is 9.52. The highest BCUT2D eigenvalue weighted by Crippen LogP contribution is 2.44. The molecule has 4 nitrogen and oxygen atoms in total. The highest BCUT2D eigenvalue weighted by Gasteiger charge is 2.31. The quantitative estimate of drug-likeness (QED) is 0.899. The molecule has 136 valence electrons. The molecule has 1 atom stereocenters. The van der Waals surface area contributed by atoms with Crippen LogP contribution in [0.5, 0.6) is 0 Å². The lowest BCUT2D eigenvalue weighted by atomic mass is 9.98. The van der Waals surface area contributed by atoms with Gasteiger partial charge in [-0.05, 0) is 47.9 Å². The van der Waals surface area contributed by atoms with Gasteiger partial charge in [-0.1, -0.05) is 48.5 Å². The molecule has 0 aromatic heterocycles. The highest BCUT2D eigenvalue weighted by molar-refractivity contribution is 5.79. The van der Waals surface area contributed by atoms with Crippen LogP contribution in [0.2, 0.25) is 0 Å². The first kappa shape index (κ1) is 17.1. The predicted octanol–water partition coefficient (Wildman–Crippen LogP) is 4.17. The van der Waals surface area contributed by atoms with Gasteiger partial charge in [0, 0.05) is 25.1 Å². The Balaban J connectivity index is 1.50. The number of piperidine rings is 1. The Labute approximate surface area is 154 Å². The fraction of sp³-hybridized carbons (Fsp3) is 0.409. The van der Waals surface area contributed by atoms with Gasteiger partial charge in [-0.15, -0.1) is 0 Å². The second-order valence-corrected chi connectivity index (χ2v) is 7.16. The van der Waals surface area contributed by atoms with Crippen molar-refractivity contribution < 1.29 is 14.6 Å². The van der Waals surface area contributed by atoms with Crippen molar-refractivity contribution in [2.24, 2.45) is 0 Å². The summed E-state index contributed by atoms with van der Waals surface area (Å²) in [7, 11) is 0. The van der Waals surface area contributed by atoms with E-state index in [4.69, 9.17) is 4.74 Å². The van der Waals surface area contributed by atoms with Crippen LogP contribution in [0.4, 0.5) is 4.79 Å². The molecule has 0 saturated carbocycles. The van der Waals surface area contributed by atoms with E-state index in [0.717, 1.165) is 25.8 Å². The average molecular weight is 351 g/mol. The van der Waals surface area contributed by atoms with Gasteiger partial charge in [0.2, 0.25) is 0 Å². The van der Waals surface area contributed by atoms with E-state index in [1.54, 1.807) is 0 Å². The second kappa shape index (κ2) is 7.50. The first-order chi connectivity index (χ1) is 12.8. The molecule has 0 unspecified atom stereocenters. The van der Waals surface area contributed by atoms with Gasteiger partial charge in [-0.2, -0.15) is 0 Å². The third-order valence-electron chi connectivity index (χ3n) is 5.66. The van der Waals surface area contributed by atoms with Crippen LogP contribution in [0.25, 0.3) is 11.1 Å². The predicted molar refractivity (Wildman–Crippen MR) is 101 cm³/mol. The maximum absolute atomic E-state index is 12.7. The molecule has 4 rings (SSSR count). The molecule has 2 aliphatic rings. The van der Waals surface area contributed by atoms with Crippen molar-refractivity contribution in [2.45, 2.75) is 37.6 Å². The van der Waals surface area contributed by atoms with Gasteiger partial charge in [0.05, 0.1) is 0 Å². The summed E-state index contributed by atoms with van der Waals surface area (Å²) in [5.74, 6) is 0.0902. The van der Waals surface area contributed by atoms with E-state index in [1.165, 1.54) is 22.3 Å². The molecule has 0 radical (unpaired) electrons. The number of likely N-dealkylation sites (tertiary alicyclic amines) is 1. The molecule has 1 amide bonds. The highest BCUT2D eigenvalue weighted by atomic mass is 16.6. The minimum atomic E-state index is -0.245. The minimum absolute atomic E-state index is 0.0902. The number of benzene rings is 2. The summed E-state index contributed by atoms with van der Waals surface area (Å²) < 4.78 is 5.76. The zero-order valence-electron chi connectivity index (χ0n) is 14.9. The van der Waals surface area contributed by atoms with Gasteiger partial charge in [0.1, 0.15) is 6.61 Å². The van der Waals surface area contributed by atoms with Crippen LogP contribution in [0, 0.1) is 0 Å². The molecule has 4 heteroatoms. The fourth-order valence-corrected chi connectivity index (χ4v) is 4.37. The minimum Gasteiger partial charge on any atom is -0.448 e. The molecule has 2 aromatic rings. The Hall–Kier alpha value is -2.33. The van der Waals surface area contributed by atoms with Crippen LogP contribution in [0.3, 0.4) is 0 Å². The summed E-state index contributed by atoms with van der Waals surface area (Å²) >= 11 is 0. The Bertz CT molecular complexity index is 741. The number of carbonyl (C=O) groups excluding carboxylic acids is 1. The van der Waals surface area contributed by atoms with Crippen molar-refractivity contribution in [2.75, 3.05) is 19.8 Å². The molecular formula is C22H25NO3. The van der Waals surface area contributed by atoms with Crippen molar-refractivity contribution in [3.05, 3.63) is 59.7 Å². The summed E-state index contributed by atoms with van der Waals surface area (Å²) in [5, 5.41) is 9.26. The number of hydrogen-bond donors (Lipinski definition) is 1. The van der Waals surface area contributed by atoms with Crippen LogP contribution >= 0.6 is 0 Å². The molecule has 0 bridgehead atoms. The van der Waals surface area contributed by atoms with Crippen molar-refractivity contribution in [3.8, 4) is 11.1 Å². The van der Waals surface area contributed by atoms with Gasteiger partial charge in [0.15, 0.2) is 0 Å². The number of carbonyl (C=O) groups is 1. The number of hydrogen-bond acceptors (Lipinski definition) is 3. The number of ether oxygens (including phenoxy) is 1. The van der Waals surface area contributed by atoms with Crippen LogP contribution < -0.4 is 0 Å². The Kier molecular flexibility index (Phi) is 4.93. The van der Waals surface area contributed by atoms with Gasteiger partial charge in [0.25, 0.3) is 0 Å². The standard InChI is InChI=1S/C22H25NO3/c24-14-12-16-7-5-6-13-23(16)22(25)26-15-21-19-10-3-1-8-17(19)18-9-2-4-11-20(18)21/h1-4,8-11,16,21,24H,5-7,12-15H2/t16-/m1/s1. The number of aliphatic hydroxyl groups is 1.